The quantitative estimate of drug-likeness (QED) is 0.156. The molecule has 8 aromatic carbocycles. The minimum atomic E-state index is -4.59. The van der Waals surface area contributed by atoms with Crippen LogP contribution in [0.3, 0.4) is 0 Å². The minimum Gasteiger partial charge on any atom is -0.309 e. The molecule has 0 atom stereocenters. The van der Waals surface area contributed by atoms with Gasteiger partial charge in [0.1, 0.15) is 0 Å². The average Bonchev–Trinajstić information content (AvgIpc) is 3.84. The van der Waals surface area contributed by atoms with E-state index in [-0.39, 0.29) is 5.82 Å². The summed E-state index contributed by atoms with van der Waals surface area (Å²) in [6.07, 6.45) is -9.17. The van der Waals surface area contributed by atoms with Crippen LogP contribution in [0.15, 0.2) is 170 Å². The van der Waals surface area contributed by atoms with Crippen molar-refractivity contribution in [3.63, 3.8) is 0 Å². The maximum atomic E-state index is 14.3. The van der Waals surface area contributed by atoms with Gasteiger partial charge in [-0.2, -0.15) is 31.6 Å². The van der Waals surface area contributed by atoms with Crippen LogP contribution in [0.4, 0.5) is 26.3 Å². The summed E-state index contributed by atoms with van der Waals surface area (Å²) in [5.41, 5.74) is 6.91. The zero-order valence-corrected chi connectivity index (χ0v) is 36.1. The van der Waals surface area contributed by atoms with Crippen molar-refractivity contribution in [2.45, 2.75) is 26.2 Å². The van der Waals surface area contributed by atoms with Gasteiger partial charge in [-0.1, -0.05) is 83.9 Å². The van der Waals surface area contributed by atoms with Crippen molar-refractivity contribution < 1.29 is 26.3 Å². The van der Waals surface area contributed by atoms with Crippen LogP contribution < -0.4 is 0 Å². The molecule has 6 nitrogen and oxygen atoms in total. The zero-order chi connectivity index (χ0) is 47.1. The molecule has 0 aliphatic heterocycles. The van der Waals surface area contributed by atoms with E-state index in [0.29, 0.717) is 88.9 Å². The van der Waals surface area contributed by atoms with E-state index < -0.39 is 23.5 Å². The topological polar surface area (TPSA) is 72.3 Å². The predicted molar refractivity (Wildman–Crippen MR) is 254 cm³/mol. The molecule has 0 saturated carbocycles. The normalized spacial score (nSPS) is 12.1. The number of alkyl halides is 6. The van der Waals surface area contributed by atoms with Crippen LogP contribution in [-0.4, -0.2) is 24.1 Å². The minimum absolute atomic E-state index is 0.285. The maximum Gasteiger partial charge on any atom is 0.416 e. The van der Waals surface area contributed by atoms with Crippen LogP contribution in [0.2, 0.25) is 0 Å². The monoisotopic (exact) mass is 904 g/mol. The highest BCUT2D eigenvalue weighted by atomic mass is 19.4. The summed E-state index contributed by atoms with van der Waals surface area (Å²) in [4.78, 5) is 15.1. The van der Waals surface area contributed by atoms with Gasteiger partial charge >= 0.3 is 12.4 Å². The Labute approximate surface area is 384 Å². The van der Waals surface area contributed by atoms with Crippen molar-refractivity contribution >= 4 is 43.6 Å². The van der Waals surface area contributed by atoms with Crippen LogP contribution in [0.25, 0.3) is 100 Å². The van der Waals surface area contributed by atoms with Crippen molar-refractivity contribution in [3.8, 4) is 62.7 Å². The molecule has 11 aromatic rings. The van der Waals surface area contributed by atoms with E-state index in [1.54, 1.807) is 18.2 Å². The van der Waals surface area contributed by atoms with Gasteiger partial charge in [0.05, 0.1) is 50.5 Å². The molecular weight excluding hydrogens is 871 g/mol. The van der Waals surface area contributed by atoms with Gasteiger partial charge in [0, 0.05) is 49.5 Å². The first-order valence-electron chi connectivity index (χ1n) is 21.5. The SMILES string of the molecule is Cc1ccc2c(c1)c1cc(C(F)(F)F)ccc1n2-c1ccc(-c2nc(-c3ccccc3)nc(-c3ccccc3)n2)c(-c2cc(C#N)ccc2-n2c3ccc(C)cc3c3cc(C(F)(F)F)ccc32)c1. The number of fused-ring (bicyclic) bond motifs is 6. The molecule has 330 valence electrons. The van der Waals surface area contributed by atoms with Crippen LogP contribution in [0, 0.1) is 25.2 Å². The lowest BCUT2D eigenvalue weighted by atomic mass is 9.94. The van der Waals surface area contributed by atoms with Crippen LogP contribution >= 0.6 is 0 Å². The fourth-order valence-corrected chi connectivity index (χ4v) is 9.20. The molecule has 12 heteroatoms. The number of nitriles is 1. The average molecular weight is 905 g/mol. The Hall–Kier alpha value is -8.56. The Kier molecular flexibility index (Phi) is 9.79. The zero-order valence-electron chi connectivity index (χ0n) is 36.1. The lowest BCUT2D eigenvalue weighted by molar-refractivity contribution is -0.138. The molecule has 0 saturated heterocycles. The Morgan fingerprint density at radius 2 is 0.897 bits per heavy atom. The van der Waals surface area contributed by atoms with Gasteiger partial charge in [-0.15, -0.1) is 0 Å². The van der Waals surface area contributed by atoms with Gasteiger partial charge in [0.25, 0.3) is 0 Å². The third-order valence-corrected chi connectivity index (χ3v) is 12.4. The first-order valence-corrected chi connectivity index (χ1v) is 21.5. The standard InChI is InChI=1S/C56H34F6N6/c1-32-13-20-47-42(25-32)45-28-37(55(57,58)59)16-23-48(45)67(47)39-18-19-40(54-65-52(35-9-5-3-6-10-35)64-53(66-54)36-11-7-4-8-12-36)41(30-39)44-27-34(31-63)15-22-50(44)68-49-21-14-33(2)26-43(49)46-29-38(56(60,61)62)17-24-51(46)68/h3-30H,1-2H3. The van der Waals surface area contributed by atoms with E-state index in [2.05, 4.69) is 6.07 Å². The molecule has 3 aromatic heterocycles. The molecule has 0 bridgehead atoms. The molecule has 11 rings (SSSR count). The van der Waals surface area contributed by atoms with E-state index >= 15 is 0 Å². The van der Waals surface area contributed by atoms with Gasteiger partial charge < -0.3 is 9.13 Å². The summed E-state index contributed by atoms with van der Waals surface area (Å²) < 4.78 is 89.5. The molecule has 0 aliphatic rings. The van der Waals surface area contributed by atoms with Crippen molar-refractivity contribution in [1.82, 2.24) is 24.1 Å². The van der Waals surface area contributed by atoms with E-state index in [0.717, 1.165) is 40.5 Å². The van der Waals surface area contributed by atoms with Crippen LogP contribution in [0.1, 0.15) is 27.8 Å². The van der Waals surface area contributed by atoms with Crippen molar-refractivity contribution in [1.29, 1.82) is 5.26 Å². The number of aromatic nitrogens is 5. The number of hydrogen-bond donors (Lipinski definition) is 0. The summed E-state index contributed by atoms with van der Waals surface area (Å²) >= 11 is 0. The summed E-state index contributed by atoms with van der Waals surface area (Å²) in [5.74, 6) is 1.08. The van der Waals surface area contributed by atoms with Gasteiger partial charge in [-0.3, -0.25) is 0 Å². The van der Waals surface area contributed by atoms with E-state index in [1.807, 2.05) is 138 Å². The Balaban J connectivity index is 1.26. The second kappa shape index (κ2) is 15.8. The molecule has 0 spiro atoms. The van der Waals surface area contributed by atoms with Crippen molar-refractivity contribution in [2.75, 3.05) is 0 Å². The molecule has 0 unspecified atom stereocenters. The Morgan fingerprint density at radius 1 is 0.426 bits per heavy atom. The molecule has 0 N–H and O–H groups in total. The fraction of sp³-hybridized carbons (Fsp3) is 0.0714. The summed E-state index contributed by atoms with van der Waals surface area (Å²) in [5, 5.41) is 12.5. The third-order valence-electron chi connectivity index (χ3n) is 12.4. The second-order valence-corrected chi connectivity index (χ2v) is 16.8. The van der Waals surface area contributed by atoms with Crippen molar-refractivity contribution in [2.24, 2.45) is 0 Å². The second-order valence-electron chi connectivity index (χ2n) is 16.8. The first kappa shape index (κ1) is 42.1. The number of hydrogen-bond acceptors (Lipinski definition) is 4. The third kappa shape index (κ3) is 7.20. The van der Waals surface area contributed by atoms with Gasteiger partial charge in [-0.05, 0) is 116 Å². The predicted octanol–water partition coefficient (Wildman–Crippen LogP) is 15.3. The summed E-state index contributed by atoms with van der Waals surface area (Å²) in [6.45, 7) is 3.76. The molecular formula is C56H34F6N6. The fourth-order valence-electron chi connectivity index (χ4n) is 9.20. The molecule has 3 heterocycles. The number of aryl methyl sites for hydroxylation is 2. The Bertz CT molecular complexity index is 3800. The molecule has 0 fully saturated rings. The lowest BCUT2D eigenvalue weighted by Gasteiger charge is -2.19. The molecule has 0 amide bonds. The summed E-state index contributed by atoms with van der Waals surface area (Å²) in [7, 11) is 0. The highest BCUT2D eigenvalue weighted by Crippen LogP contribution is 2.44. The Morgan fingerprint density at radius 3 is 1.40 bits per heavy atom. The van der Waals surface area contributed by atoms with Crippen molar-refractivity contribution in [3.05, 3.63) is 198 Å². The first-order chi connectivity index (χ1) is 32.7. The van der Waals surface area contributed by atoms with Gasteiger partial charge in [0.2, 0.25) is 0 Å². The highest BCUT2D eigenvalue weighted by Gasteiger charge is 2.33. The van der Waals surface area contributed by atoms with E-state index in [1.165, 1.54) is 18.2 Å². The van der Waals surface area contributed by atoms with Crippen LogP contribution in [-0.2, 0) is 12.4 Å². The van der Waals surface area contributed by atoms with E-state index in [4.69, 9.17) is 15.0 Å². The smallest absolute Gasteiger partial charge is 0.309 e. The number of nitrogens with zero attached hydrogens (tertiary/aromatic N) is 6. The van der Waals surface area contributed by atoms with Crippen LogP contribution in [0.5, 0.6) is 0 Å². The van der Waals surface area contributed by atoms with E-state index in [9.17, 15) is 31.6 Å². The number of benzene rings is 8. The lowest BCUT2D eigenvalue weighted by Crippen LogP contribution is -2.05. The molecule has 68 heavy (non-hydrogen) atoms. The number of rotatable bonds is 6. The highest BCUT2D eigenvalue weighted by molar-refractivity contribution is 6.11. The van der Waals surface area contributed by atoms with Gasteiger partial charge in [-0.25, -0.2) is 15.0 Å². The molecule has 0 radical (unpaired) electrons. The number of halogens is 6. The maximum absolute atomic E-state index is 14.3. The molecule has 0 aliphatic carbocycles. The largest absolute Gasteiger partial charge is 0.416 e. The summed E-state index contributed by atoms with van der Waals surface area (Å²) in [6, 6.07) is 50.7. The van der Waals surface area contributed by atoms with Gasteiger partial charge in [0.15, 0.2) is 17.5 Å².